The monoisotopic (exact) mass is 651 g/mol. The van der Waals surface area contributed by atoms with Crippen molar-refractivity contribution in [2.24, 2.45) is 0 Å². The van der Waals surface area contributed by atoms with Crippen molar-refractivity contribution in [2.75, 3.05) is 39.5 Å². The van der Waals surface area contributed by atoms with Gasteiger partial charge in [0.25, 0.3) is 11.6 Å². The van der Waals surface area contributed by atoms with E-state index in [4.69, 9.17) is 23.2 Å². The molecule has 10 heteroatoms. The number of nitro groups is 1. The number of carbonyl (C=O) groups is 1. The Kier molecular flexibility index (Phi) is 10.4. The minimum absolute atomic E-state index is 0.0374. The zero-order valence-corrected chi connectivity index (χ0v) is 27.1. The van der Waals surface area contributed by atoms with Crippen molar-refractivity contribution in [3.05, 3.63) is 116 Å². The first-order chi connectivity index (χ1) is 21.1. The van der Waals surface area contributed by atoms with Crippen LogP contribution in [0.15, 0.2) is 83.8 Å². The molecular weight excluding hydrogens is 617 g/mol. The number of non-ortho nitro benzene ring substituents is 1. The van der Waals surface area contributed by atoms with Gasteiger partial charge in [0.05, 0.1) is 31.3 Å². The van der Waals surface area contributed by atoms with Gasteiger partial charge in [-0.2, -0.15) is 0 Å². The Labute approximate surface area is 270 Å². The lowest BCUT2D eigenvalue weighted by Gasteiger charge is -2.34. The molecule has 1 unspecified atom stereocenters. The molecule has 4 aromatic rings. The molecule has 0 radical (unpaired) electrons. The van der Waals surface area contributed by atoms with Crippen molar-refractivity contribution >= 4 is 56.4 Å². The third kappa shape index (κ3) is 7.32. The second kappa shape index (κ2) is 14.2. The highest BCUT2D eigenvalue weighted by atomic mass is 35.5. The Balaban J connectivity index is 1.32. The summed E-state index contributed by atoms with van der Waals surface area (Å²) in [5, 5.41) is 13.9. The molecule has 0 spiro atoms. The third-order valence-corrected chi connectivity index (χ3v) is 10.3. The van der Waals surface area contributed by atoms with E-state index in [2.05, 4.69) is 11.0 Å². The predicted molar refractivity (Wildman–Crippen MR) is 179 cm³/mol. The van der Waals surface area contributed by atoms with E-state index in [1.807, 2.05) is 42.5 Å². The van der Waals surface area contributed by atoms with Gasteiger partial charge in [-0.3, -0.25) is 19.1 Å². The van der Waals surface area contributed by atoms with Gasteiger partial charge in [0, 0.05) is 42.8 Å². The summed E-state index contributed by atoms with van der Waals surface area (Å²) in [6.07, 6.45) is 4.50. The summed E-state index contributed by atoms with van der Waals surface area (Å²) in [5.41, 5.74) is 2.37. The largest absolute Gasteiger partial charge is 0.341 e. The number of nitro benzene ring substituents is 1. The Bertz CT molecular complexity index is 1710. The smallest absolute Gasteiger partial charge is 0.270 e. The maximum absolute atomic E-state index is 13.8. The number of fused-ring (bicyclic) bond motifs is 1. The number of likely N-dealkylation sites (tertiary alicyclic amines) is 1. The number of amides is 1. The summed E-state index contributed by atoms with van der Waals surface area (Å²) in [7, 11) is 0.717. The van der Waals surface area contributed by atoms with E-state index in [0.717, 1.165) is 49.4 Å². The number of carbonyl (C=O) groups excluding carboxylic acids is 1. The normalized spacial score (nSPS) is 15.6. The first-order valence-corrected chi connectivity index (χ1v) is 17.0. The van der Waals surface area contributed by atoms with E-state index in [-0.39, 0.29) is 17.5 Å². The Morgan fingerprint density at radius 3 is 2.43 bits per heavy atom. The van der Waals surface area contributed by atoms with E-state index >= 15 is 0 Å². The van der Waals surface area contributed by atoms with Gasteiger partial charge in [-0.15, -0.1) is 0 Å². The Morgan fingerprint density at radius 2 is 1.73 bits per heavy atom. The van der Waals surface area contributed by atoms with Gasteiger partial charge in [-0.1, -0.05) is 71.7 Å². The van der Waals surface area contributed by atoms with Crippen molar-refractivity contribution in [1.82, 2.24) is 9.80 Å². The second-order valence-electron chi connectivity index (χ2n) is 11.4. The summed E-state index contributed by atoms with van der Waals surface area (Å²) < 4.78 is 12.3. The SMILES string of the molecule is CN(CC(CCN1CCC(c2ccccc2[S@](C)=O)CC1)c1ccc(Cl)c(Cl)c1)C(=O)c1cc([N+](=O)[O-])cc2ccccc12. The number of likely N-dealkylation sites (N-methyl/N-ethyl adjacent to an activating group) is 1. The molecule has 0 saturated carbocycles. The minimum atomic E-state index is -1.02. The maximum Gasteiger partial charge on any atom is 0.270 e. The van der Waals surface area contributed by atoms with Crippen molar-refractivity contribution in [1.29, 1.82) is 0 Å². The quantitative estimate of drug-likeness (QED) is 0.128. The summed E-state index contributed by atoms with van der Waals surface area (Å²) >= 11 is 12.6. The van der Waals surface area contributed by atoms with E-state index in [9.17, 15) is 19.1 Å². The van der Waals surface area contributed by atoms with Crippen LogP contribution in [0.1, 0.15) is 52.6 Å². The molecule has 1 aliphatic rings. The molecule has 1 heterocycles. The third-order valence-electron chi connectivity index (χ3n) is 8.59. The van der Waals surface area contributed by atoms with E-state index in [0.29, 0.717) is 38.8 Å². The zero-order chi connectivity index (χ0) is 31.4. The molecule has 5 rings (SSSR count). The fourth-order valence-corrected chi connectivity index (χ4v) is 7.35. The van der Waals surface area contributed by atoms with E-state index in [1.54, 1.807) is 36.4 Å². The molecule has 4 aromatic carbocycles. The lowest BCUT2D eigenvalue weighted by atomic mass is 9.88. The number of piperidine rings is 1. The molecule has 1 amide bonds. The van der Waals surface area contributed by atoms with Gasteiger partial charge < -0.3 is 9.80 Å². The average molecular weight is 653 g/mol. The predicted octanol–water partition coefficient (Wildman–Crippen LogP) is 7.92. The lowest BCUT2D eigenvalue weighted by Crippen LogP contribution is -2.36. The molecule has 7 nitrogen and oxygen atoms in total. The van der Waals surface area contributed by atoms with Crippen molar-refractivity contribution < 1.29 is 13.9 Å². The number of hydrogen-bond donors (Lipinski definition) is 0. The van der Waals surface area contributed by atoms with Gasteiger partial charge >= 0.3 is 0 Å². The number of halogens is 2. The highest BCUT2D eigenvalue weighted by Gasteiger charge is 2.26. The van der Waals surface area contributed by atoms with Gasteiger partial charge in [0.15, 0.2) is 0 Å². The van der Waals surface area contributed by atoms with Crippen LogP contribution in [0.2, 0.25) is 10.0 Å². The number of benzene rings is 4. The Hall–Kier alpha value is -3.30. The van der Waals surface area contributed by atoms with Crippen LogP contribution in [0.5, 0.6) is 0 Å². The molecule has 230 valence electrons. The van der Waals surface area contributed by atoms with Crippen LogP contribution >= 0.6 is 23.2 Å². The van der Waals surface area contributed by atoms with Crippen LogP contribution in [0.25, 0.3) is 10.8 Å². The van der Waals surface area contributed by atoms with Gasteiger partial charge in [-0.25, -0.2) is 0 Å². The van der Waals surface area contributed by atoms with E-state index in [1.165, 1.54) is 17.7 Å². The standard InChI is InChI=1S/C34H35Cl2N3O4S/c1-37(34(40)30-21-27(39(41)42)19-25-7-3-4-8-28(25)30)22-26(24-11-12-31(35)32(36)20-24)15-18-38-16-13-23(14-17-38)29-9-5-6-10-33(29)44(2)43/h3-12,19-21,23,26H,13-18,22H2,1-2H3/t26?,44-/m0/s1. The molecule has 0 N–H and O–H groups in total. The summed E-state index contributed by atoms with van der Waals surface area (Å²) in [5.74, 6) is 0.0677. The van der Waals surface area contributed by atoms with Gasteiger partial charge in [0.2, 0.25) is 0 Å². The molecule has 1 aliphatic heterocycles. The van der Waals surface area contributed by atoms with Gasteiger partial charge in [-0.05, 0) is 84.9 Å². The summed E-state index contributed by atoms with van der Waals surface area (Å²) in [6.45, 7) is 3.09. The lowest BCUT2D eigenvalue weighted by molar-refractivity contribution is -0.384. The van der Waals surface area contributed by atoms with Crippen molar-refractivity contribution in [3.63, 3.8) is 0 Å². The maximum atomic E-state index is 13.8. The van der Waals surface area contributed by atoms with Crippen LogP contribution in [0.3, 0.4) is 0 Å². The van der Waals surface area contributed by atoms with E-state index < -0.39 is 15.7 Å². The molecule has 44 heavy (non-hydrogen) atoms. The highest BCUT2D eigenvalue weighted by Crippen LogP contribution is 2.34. The molecule has 0 bridgehead atoms. The van der Waals surface area contributed by atoms with Crippen LogP contribution in [-0.2, 0) is 10.8 Å². The first-order valence-electron chi connectivity index (χ1n) is 14.6. The van der Waals surface area contributed by atoms with Crippen molar-refractivity contribution in [3.8, 4) is 0 Å². The van der Waals surface area contributed by atoms with Crippen LogP contribution in [0, 0.1) is 10.1 Å². The summed E-state index contributed by atoms with van der Waals surface area (Å²) in [6, 6.07) is 23.7. The Morgan fingerprint density at radius 1 is 1.02 bits per heavy atom. The van der Waals surface area contributed by atoms with Crippen LogP contribution < -0.4 is 0 Å². The molecule has 1 fully saturated rings. The minimum Gasteiger partial charge on any atom is -0.341 e. The highest BCUT2D eigenvalue weighted by molar-refractivity contribution is 7.84. The average Bonchev–Trinajstić information content (AvgIpc) is 3.03. The molecule has 0 aliphatic carbocycles. The zero-order valence-electron chi connectivity index (χ0n) is 24.7. The fourth-order valence-electron chi connectivity index (χ4n) is 6.21. The fraction of sp³-hybridized carbons (Fsp3) is 0.324. The van der Waals surface area contributed by atoms with Crippen LogP contribution in [-0.4, -0.2) is 64.3 Å². The van der Waals surface area contributed by atoms with Crippen LogP contribution in [0.4, 0.5) is 5.69 Å². The first kappa shape index (κ1) is 32.1. The topological polar surface area (TPSA) is 83.8 Å². The second-order valence-corrected chi connectivity index (χ2v) is 13.6. The molecular formula is C34H35Cl2N3O4S. The molecule has 1 saturated heterocycles. The number of rotatable bonds is 10. The van der Waals surface area contributed by atoms with Crippen molar-refractivity contribution in [2.45, 2.75) is 36.0 Å². The molecule has 2 atom stereocenters. The summed E-state index contributed by atoms with van der Waals surface area (Å²) in [4.78, 5) is 30.0. The number of nitrogens with zero attached hydrogens (tertiary/aromatic N) is 3. The molecule has 0 aromatic heterocycles. The number of hydrogen-bond acceptors (Lipinski definition) is 5. The van der Waals surface area contributed by atoms with Gasteiger partial charge in [0.1, 0.15) is 0 Å².